The Bertz CT molecular complexity index is 677. The second-order valence-electron chi connectivity index (χ2n) is 5.92. The third kappa shape index (κ3) is 7.42. The van der Waals surface area contributed by atoms with Crippen molar-refractivity contribution in [3.05, 3.63) is 35.6 Å². The van der Waals surface area contributed by atoms with Crippen LogP contribution in [0.15, 0.2) is 24.3 Å². The lowest BCUT2D eigenvalue weighted by molar-refractivity contribution is -0.142. The van der Waals surface area contributed by atoms with Crippen LogP contribution >= 0.6 is 0 Å². The van der Waals surface area contributed by atoms with Gasteiger partial charge in [-0.1, -0.05) is 19.1 Å². The first-order valence-electron chi connectivity index (χ1n) is 8.29. The predicted molar refractivity (Wildman–Crippen MR) is 91.8 cm³/mol. The maximum Gasteiger partial charge on any atom is 0.326 e. The van der Waals surface area contributed by atoms with Crippen molar-refractivity contribution in [2.75, 3.05) is 0 Å². The van der Waals surface area contributed by atoms with Gasteiger partial charge in [-0.15, -0.1) is 0 Å². The molecule has 0 heterocycles. The highest BCUT2D eigenvalue weighted by Crippen LogP contribution is 2.08. The Morgan fingerprint density at radius 3 is 2.38 bits per heavy atom. The number of carboxylic acid groups (broad SMARTS) is 1. The SMILES string of the molecule is CCC(=O)CC[C@H](NC(=O)[C@H](Cc1cccc(F)c1)NC(C)=O)C(=O)O. The molecule has 1 aromatic carbocycles. The molecule has 0 aromatic heterocycles. The summed E-state index contributed by atoms with van der Waals surface area (Å²) in [5, 5.41) is 14.0. The summed E-state index contributed by atoms with van der Waals surface area (Å²) in [6, 6.07) is 3.25. The van der Waals surface area contributed by atoms with Gasteiger partial charge in [0.1, 0.15) is 23.7 Å². The Morgan fingerprint density at radius 1 is 1.15 bits per heavy atom. The molecule has 142 valence electrons. The zero-order valence-electron chi connectivity index (χ0n) is 14.8. The Balaban J connectivity index is 2.83. The van der Waals surface area contributed by atoms with Crippen LogP contribution in [0.4, 0.5) is 4.39 Å². The van der Waals surface area contributed by atoms with Crippen LogP contribution in [0.5, 0.6) is 0 Å². The van der Waals surface area contributed by atoms with Gasteiger partial charge in [-0.05, 0) is 24.1 Å². The average Bonchev–Trinajstić information content (AvgIpc) is 2.56. The topological polar surface area (TPSA) is 113 Å². The standard InChI is InChI=1S/C18H23FN2O5/c1-3-14(23)7-8-15(18(25)26)21-17(24)16(20-11(2)22)10-12-5-4-6-13(19)9-12/h4-6,9,15-16H,3,7-8,10H2,1-2H3,(H,20,22)(H,21,24)(H,25,26)/t15-,16-/m0/s1. The van der Waals surface area contributed by atoms with E-state index in [1.807, 2.05) is 0 Å². The smallest absolute Gasteiger partial charge is 0.326 e. The lowest BCUT2D eigenvalue weighted by Crippen LogP contribution is -2.52. The van der Waals surface area contributed by atoms with E-state index in [-0.39, 0.29) is 31.5 Å². The first-order chi connectivity index (χ1) is 12.2. The monoisotopic (exact) mass is 366 g/mol. The van der Waals surface area contributed by atoms with Gasteiger partial charge in [-0.3, -0.25) is 14.4 Å². The van der Waals surface area contributed by atoms with Gasteiger partial charge in [0.25, 0.3) is 0 Å². The van der Waals surface area contributed by atoms with Gasteiger partial charge < -0.3 is 15.7 Å². The summed E-state index contributed by atoms with van der Waals surface area (Å²) in [7, 11) is 0. The highest BCUT2D eigenvalue weighted by molar-refractivity contribution is 5.90. The molecule has 0 saturated carbocycles. The van der Waals surface area contributed by atoms with E-state index in [9.17, 15) is 28.7 Å². The van der Waals surface area contributed by atoms with Gasteiger partial charge in [0, 0.05) is 26.2 Å². The molecule has 2 atom stereocenters. The van der Waals surface area contributed by atoms with E-state index in [0.717, 1.165) is 0 Å². The number of rotatable bonds is 10. The average molecular weight is 366 g/mol. The minimum absolute atomic E-state index is 0.00338. The van der Waals surface area contributed by atoms with Crippen molar-refractivity contribution in [3.63, 3.8) is 0 Å². The fourth-order valence-electron chi connectivity index (χ4n) is 2.37. The fourth-order valence-corrected chi connectivity index (χ4v) is 2.37. The van der Waals surface area contributed by atoms with Crippen molar-refractivity contribution in [2.45, 2.75) is 51.6 Å². The van der Waals surface area contributed by atoms with Crippen LogP contribution in [0.1, 0.15) is 38.7 Å². The van der Waals surface area contributed by atoms with Crippen molar-refractivity contribution >= 4 is 23.6 Å². The highest BCUT2D eigenvalue weighted by Gasteiger charge is 2.26. The zero-order chi connectivity index (χ0) is 19.7. The summed E-state index contributed by atoms with van der Waals surface area (Å²) < 4.78 is 13.3. The van der Waals surface area contributed by atoms with Crippen LogP contribution in [0.3, 0.4) is 0 Å². The molecule has 0 aliphatic heterocycles. The van der Waals surface area contributed by atoms with E-state index in [1.165, 1.54) is 25.1 Å². The Labute approximate surface area is 151 Å². The van der Waals surface area contributed by atoms with Gasteiger partial charge >= 0.3 is 5.97 Å². The second-order valence-corrected chi connectivity index (χ2v) is 5.92. The van der Waals surface area contributed by atoms with Crippen LogP contribution < -0.4 is 10.6 Å². The van der Waals surface area contributed by atoms with Gasteiger partial charge in [0.2, 0.25) is 11.8 Å². The highest BCUT2D eigenvalue weighted by atomic mass is 19.1. The normalized spacial score (nSPS) is 12.7. The predicted octanol–water partition coefficient (Wildman–Crippen LogP) is 1.20. The molecule has 1 rings (SSSR count). The minimum atomic E-state index is -1.27. The number of carbonyl (C=O) groups is 4. The molecule has 0 aliphatic carbocycles. The van der Waals surface area contributed by atoms with Crippen LogP contribution in [-0.2, 0) is 25.6 Å². The number of Topliss-reactive ketones (excluding diaryl/α,β-unsaturated/α-hetero) is 1. The number of ketones is 1. The largest absolute Gasteiger partial charge is 0.480 e. The van der Waals surface area contributed by atoms with Crippen LogP contribution in [0.2, 0.25) is 0 Å². The summed E-state index contributed by atoms with van der Waals surface area (Å²) in [6.07, 6.45) is 0.278. The third-order valence-corrected chi connectivity index (χ3v) is 3.74. The van der Waals surface area contributed by atoms with Gasteiger partial charge in [0.15, 0.2) is 0 Å². The molecule has 0 saturated heterocycles. The third-order valence-electron chi connectivity index (χ3n) is 3.74. The Morgan fingerprint density at radius 2 is 1.85 bits per heavy atom. The Kier molecular flexibility index (Phi) is 8.41. The molecule has 1 aromatic rings. The summed E-state index contributed by atoms with van der Waals surface area (Å²) in [4.78, 5) is 46.5. The molecular weight excluding hydrogens is 343 g/mol. The van der Waals surface area contributed by atoms with Crippen molar-refractivity contribution in [1.29, 1.82) is 0 Å². The maximum atomic E-state index is 13.3. The molecule has 7 nitrogen and oxygen atoms in total. The number of halogens is 1. The first kappa shape index (κ1) is 21.3. The fraction of sp³-hybridized carbons (Fsp3) is 0.444. The summed E-state index contributed by atoms with van der Waals surface area (Å²) >= 11 is 0. The number of nitrogens with one attached hydrogen (secondary N) is 2. The quantitative estimate of drug-likeness (QED) is 0.576. The molecule has 0 unspecified atom stereocenters. The van der Waals surface area contributed by atoms with E-state index >= 15 is 0 Å². The minimum Gasteiger partial charge on any atom is -0.480 e. The molecular formula is C18H23FN2O5. The summed E-state index contributed by atoms with van der Waals surface area (Å²) in [5.74, 6) is -3.04. The van der Waals surface area contributed by atoms with Gasteiger partial charge in [-0.2, -0.15) is 0 Å². The zero-order valence-corrected chi connectivity index (χ0v) is 14.8. The number of amides is 2. The van der Waals surface area contributed by atoms with Crippen molar-refractivity contribution in [1.82, 2.24) is 10.6 Å². The van der Waals surface area contributed by atoms with E-state index in [4.69, 9.17) is 0 Å². The molecule has 0 aliphatic rings. The molecule has 0 radical (unpaired) electrons. The van der Waals surface area contributed by atoms with Crippen LogP contribution in [-0.4, -0.2) is 40.8 Å². The number of hydrogen-bond donors (Lipinski definition) is 3. The van der Waals surface area contributed by atoms with Crippen molar-refractivity contribution in [3.8, 4) is 0 Å². The summed E-state index contributed by atoms with van der Waals surface area (Å²) in [5.41, 5.74) is 0.479. The van der Waals surface area contributed by atoms with E-state index < -0.39 is 35.7 Å². The molecule has 2 amide bonds. The molecule has 3 N–H and O–H groups in total. The second kappa shape index (κ2) is 10.3. The van der Waals surface area contributed by atoms with Crippen molar-refractivity contribution in [2.24, 2.45) is 0 Å². The van der Waals surface area contributed by atoms with Crippen molar-refractivity contribution < 1.29 is 28.7 Å². The molecule has 0 fully saturated rings. The number of aliphatic carboxylic acids is 1. The number of hydrogen-bond acceptors (Lipinski definition) is 4. The molecule has 0 spiro atoms. The van der Waals surface area contributed by atoms with Gasteiger partial charge in [-0.25, -0.2) is 9.18 Å². The molecule has 8 heteroatoms. The molecule has 0 bridgehead atoms. The number of carboxylic acids is 1. The lowest BCUT2D eigenvalue weighted by atomic mass is 10.0. The molecule has 26 heavy (non-hydrogen) atoms. The first-order valence-corrected chi connectivity index (χ1v) is 8.29. The lowest BCUT2D eigenvalue weighted by Gasteiger charge is -2.21. The number of benzene rings is 1. The van der Waals surface area contributed by atoms with Gasteiger partial charge in [0.05, 0.1) is 0 Å². The maximum absolute atomic E-state index is 13.3. The van der Waals surface area contributed by atoms with Crippen LogP contribution in [0, 0.1) is 5.82 Å². The van der Waals surface area contributed by atoms with E-state index in [1.54, 1.807) is 13.0 Å². The number of carbonyl (C=O) groups excluding carboxylic acids is 3. The van der Waals surface area contributed by atoms with Crippen LogP contribution in [0.25, 0.3) is 0 Å². The van der Waals surface area contributed by atoms with E-state index in [2.05, 4.69) is 10.6 Å². The Hall–Kier alpha value is -2.77. The van der Waals surface area contributed by atoms with E-state index in [0.29, 0.717) is 5.56 Å². The summed E-state index contributed by atoms with van der Waals surface area (Å²) in [6.45, 7) is 2.89.